The van der Waals surface area contributed by atoms with E-state index in [2.05, 4.69) is 10.4 Å². The third-order valence-electron chi connectivity index (χ3n) is 4.68. The standard InChI is InChI=1S/C21H19ClF2N4O4/c1-27(2)12-4-5-13(14(22)8-12)16(10-20(30)31)25-21(32)17-9-19(29)28(26-17)18-6-3-11(23)7-15(18)24/h3-9,16,26H,10H2,1-2H3,(H,25,32)(H,30,31). The molecule has 32 heavy (non-hydrogen) atoms. The second-order valence-electron chi connectivity index (χ2n) is 7.16. The fourth-order valence-corrected chi connectivity index (χ4v) is 3.39. The summed E-state index contributed by atoms with van der Waals surface area (Å²) in [5, 5.41) is 14.5. The van der Waals surface area contributed by atoms with E-state index in [-0.39, 0.29) is 16.4 Å². The highest BCUT2D eigenvalue weighted by Crippen LogP contribution is 2.29. The maximum Gasteiger partial charge on any atom is 0.305 e. The van der Waals surface area contributed by atoms with Gasteiger partial charge in [0.05, 0.1) is 12.5 Å². The van der Waals surface area contributed by atoms with E-state index in [1.165, 1.54) is 0 Å². The van der Waals surface area contributed by atoms with Crippen molar-refractivity contribution in [1.82, 2.24) is 15.1 Å². The second-order valence-corrected chi connectivity index (χ2v) is 7.57. The first kappa shape index (κ1) is 23.0. The van der Waals surface area contributed by atoms with Crippen LogP contribution in [0.15, 0.2) is 47.3 Å². The molecule has 1 aromatic heterocycles. The normalized spacial score (nSPS) is 11.8. The van der Waals surface area contributed by atoms with Gasteiger partial charge in [0.25, 0.3) is 11.5 Å². The van der Waals surface area contributed by atoms with Gasteiger partial charge >= 0.3 is 5.97 Å². The van der Waals surface area contributed by atoms with Gasteiger partial charge in [0.2, 0.25) is 0 Å². The smallest absolute Gasteiger partial charge is 0.305 e. The van der Waals surface area contributed by atoms with E-state index < -0.39 is 41.5 Å². The molecule has 0 bridgehead atoms. The summed E-state index contributed by atoms with van der Waals surface area (Å²) in [4.78, 5) is 38.1. The maximum atomic E-state index is 14.0. The summed E-state index contributed by atoms with van der Waals surface area (Å²) in [6.45, 7) is 0. The van der Waals surface area contributed by atoms with Crippen molar-refractivity contribution in [3.8, 4) is 5.69 Å². The van der Waals surface area contributed by atoms with E-state index in [9.17, 15) is 28.3 Å². The molecule has 0 aliphatic rings. The predicted octanol–water partition coefficient (Wildman–Crippen LogP) is 3.11. The Balaban J connectivity index is 1.91. The average Bonchev–Trinajstić information content (AvgIpc) is 3.08. The van der Waals surface area contributed by atoms with Gasteiger partial charge in [-0.25, -0.2) is 13.5 Å². The van der Waals surface area contributed by atoms with Crippen LogP contribution in [0.2, 0.25) is 5.02 Å². The van der Waals surface area contributed by atoms with Crippen LogP contribution in [0.1, 0.15) is 28.5 Å². The first-order chi connectivity index (χ1) is 15.1. The number of nitrogens with zero attached hydrogens (tertiary/aromatic N) is 2. The average molecular weight is 465 g/mol. The molecule has 1 heterocycles. The highest BCUT2D eigenvalue weighted by molar-refractivity contribution is 6.31. The minimum atomic E-state index is -1.18. The summed E-state index contributed by atoms with van der Waals surface area (Å²) < 4.78 is 27.9. The fraction of sp³-hybridized carbons (Fsp3) is 0.190. The van der Waals surface area contributed by atoms with Crippen molar-refractivity contribution in [3.05, 3.63) is 80.7 Å². The number of carbonyl (C=O) groups is 2. The molecule has 0 saturated carbocycles. The summed E-state index contributed by atoms with van der Waals surface area (Å²) in [6.07, 6.45) is -0.468. The number of amides is 1. The number of H-pyrrole nitrogens is 1. The zero-order chi connectivity index (χ0) is 23.6. The van der Waals surface area contributed by atoms with Crippen molar-refractivity contribution < 1.29 is 23.5 Å². The van der Waals surface area contributed by atoms with Crippen LogP contribution in [0, 0.1) is 11.6 Å². The lowest BCUT2D eigenvalue weighted by Gasteiger charge is -2.20. The molecular weight excluding hydrogens is 446 g/mol. The Morgan fingerprint density at radius 3 is 2.50 bits per heavy atom. The summed E-state index contributed by atoms with van der Waals surface area (Å²) in [5.74, 6) is -3.81. The van der Waals surface area contributed by atoms with Crippen LogP contribution >= 0.6 is 11.6 Å². The third-order valence-corrected chi connectivity index (χ3v) is 5.00. The molecule has 2 aromatic carbocycles. The number of carboxylic acid groups (broad SMARTS) is 1. The number of benzene rings is 2. The number of nitrogens with one attached hydrogen (secondary N) is 2. The molecule has 0 spiro atoms. The molecule has 3 rings (SSSR count). The Hall–Kier alpha value is -3.66. The van der Waals surface area contributed by atoms with Crippen molar-refractivity contribution in [3.63, 3.8) is 0 Å². The Morgan fingerprint density at radius 1 is 1.19 bits per heavy atom. The lowest BCUT2D eigenvalue weighted by atomic mass is 10.0. The molecule has 3 N–H and O–H groups in total. The molecule has 0 aliphatic heterocycles. The molecule has 0 fully saturated rings. The number of aliphatic carboxylic acids is 1. The topological polar surface area (TPSA) is 107 Å². The van der Waals surface area contributed by atoms with E-state index in [1.807, 2.05) is 19.0 Å². The van der Waals surface area contributed by atoms with Crippen molar-refractivity contribution in [2.24, 2.45) is 0 Å². The molecule has 1 atom stereocenters. The van der Waals surface area contributed by atoms with Gasteiger partial charge in [-0.1, -0.05) is 17.7 Å². The van der Waals surface area contributed by atoms with Gasteiger partial charge in [0.15, 0.2) is 5.82 Å². The third kappa shape index (κ3) is 4.97. The largest absolute Gasteiger partial charge is 0.481 e. The molecule has 0 radical (unpaired) electrons. The summed E-state index contributed by atoms with van der Waals surface area (Å²) >= 11 is 6.32. The molecule has 8 nitrogen and oxygen atoms in total. The number of carbonyl (C=O) groups excluding carboxylic acids is 1. The van der Waals surface area contributed by atoms with Gasteiger partial charge < -0.3 is 15.3 Å². The summed E-state index contributed by atoms with van der Waals surface area (Å²) in [7, 11) is 3.62. The molecule has 0 saturated heterocycles. The lowest BCUT2D eigenvalue weighted by molar-refractivity contribution is -0.137. The molecule has 168 valence electrons. The molecule has 11 heteroatoms. The van der Waals surface area contributed by atoms with Gasteiger partial charge in [-0.15, -0.1) is 0 Å². The van der Waals surface area contributed by atoms with Crippen LogP contribution in [0.5, 0.6) is 0 Å². The number of rotatable bonds is 7. The summed E-state index contributed by atoms with van der Waals surface area (Å²) in [6, 6.07) is 7.49. The van der Waals surface area contributed by atoms with E-state index in [1.54, 1.807) is 18.2 Å². The van der Waals surface area contributed by atoms with Crippen molar-refractivity contribution in [1.29, 1.82) is 0 Å². The van der Waals surface area contributed by atoms with Crippen LogP contribution in [0.4, 0.5) is 14.5 Å². The monoisotopic (exact) mass is 464 g/mol. The van der Waals surface area contributed by atoms with Crippen molar-refractivity contribution in [2.45, 2.75) is 12.5 Å². The van der Waals surface area contributed by atoms with Crippen molar-refractivity contribution >= 4 is 29.2 Å². The van der Waals surface area contributed by atoms with E-state index in [4.69, 9.17) is 11.6 Å². The summed E-state index contributed by atoms with van der Waals surface area (Å²) in [5.41, 5.74) is -0.125. The quantitative estimate of drug-likeness (QED) is 0.498. The number of aromatic nitrogens is 2. The van der Waals surface area contributed by atoms with Crippen molar-refractivity contribution in [2.75, 3.05) is 19.0 Å². The molecule has 0 aliphatic carbocycles. The first-order valence-electron chi connectivity index (χ1n) is 9.33. The number of aromatic amines is 1. The maximum absolute atomic E-state index is 14.0. The fourth-order valence-electron chi connectivity index (χ4n) is 3.08. The molecular formula is C21H19ClF2N4O4. The SMILES string of the molecule is CN(C)c1ccc(C(CC(=O)O)NC(=O)c2cc(=O)n(-c3ccc(F)cc3F)[nH]2)c(Cl)c1. The minimum absolute atomic E-state index is 0.241. The second kappa shape index (κ2) is 9.23. The first-order valence-corrected chi connectivity index (χ1v) is 9.71. The highest BCUT2D eigenvalue weighted by Gasteiger charge is 2.23. The molecule has 1 unspecified atom stereocenters. The van der Waals surface area contributed by atoms with Gasteiger partial charge in [-0.3, -0.25) is 19.5 Å². The molecule has 3 aromatic rings. The minimum Gasteiger partial charge on any atom is -0.481 e. The van der Waals surface area contributed by atoms with Gasteiger partial charge in [-0.2, -0.15) is 0 Å². The zero-order valence-corrected chi connectivity index (χ0v) is 17.8. The lowest BCUT2D eigenvalue weighted by Crippen LogP contribution is -2.31. The van der Waals surface area contributed by atoms with Crippen LogP contribution in [-0.2, 0) is 4.79 Å². The number of halogens is 3. The van der Waals surface area contributed by atoms with Gasteiger partial charge in [0.1, 0.15) is 17.2 Å². The Bertz CT molecular complexity index is 1240. The number of hydrogen-bond acceptors (Lipinski definition) is 4. The Labute approximate surface area is 186 Å². The molecule has 1 amide bonds. The van der Waals surface area contributed by atoms with E-state index >= 15 is 0 Å². The van der Waals surface area contributed by atoms with Gasteiger partial charge in [-0.05, 0) is 29.8 Å². The van der Waals surface area contributed by atoms with Crippen LogP contribution in [0.3, 0.4) is 0 Å². The van der Waals surface area contributed by atoms with E-state index in [0.717, 1.165) is 28.6 Å². The number of anilines is 1. The van der Waals surface area contributed by atoms with Crippen LogP contribution in [0.25, 0.3) is 5.69 Å². The Morgan fingerprint density at radius 2 is 1.91 bits per heavy atom. The number of hydrogen-bond donors (Lipinski definition) is 3. The van der Waals surface area contributed by atoms with Crippen LogP contribution in [-0.4, -0.2) is 40.9 Å². The van der Waals surface area contributed by atoms with Crippen LogP contribution < -0.4 is 15.8 Å². The zero-order valence-electron chi connectivity index (χ0n) is 17.0. The van der Waals surface area contributed by atoms with E-state index in [0.29, 0.717) is 11.6 Å². The van der Waals surface area contributed by atoms with Gasteiger partial charge in [0, 0.05) is 36.9 Å². The highest BCUT2D eigenvalue weighted by atomic mass is 35.5. The number of carboxylic acids is 1. The Kier molecular flexibility index (Phi) is 6.64. The predicted molar refractivity (Wildman–Crippen MR) is 115 cm³/mol.